The fourth-order valence-electron chi connectivity index (χ4n) is 5.55. The highest BCUT2D eigenvalue weighted by atomic mass is 79.9. The summed E-state index contributed by atoms with van der Waals surface area (Å²) in [5.74, 6) is -0.531. The second-order valence-corrected chi connectivity index (χ2v) is 12.7. The van der Waals surface area contributed by atoms with Crippen LogP contribution in [0.3, 0.4) is 0 Å². The quantitative estimate of drug-likeness (QED) is 0.0935. The third kappa shape index (κ3) is 9.90. The maximum Gasteiger partial charge on any atom is 0.305 e. The number of hydrogen-bond acceptors (Lipinski definition) is 4. The summed E-state index contributed by atoms with van der Waals surface area (Å²) in [6, 6.07) is 36.2. The largest absolute Gasteiger partial charge is 0.481 e. The molecule has 5 aromatic rings. The predicted molar refractivity (Wildman–Crippen MR) is 197 cm³/mol. The van der Waals surface area contributed by atoms with Gasteiger partial charge in [-0.25, -0.2) is 0 Å². The second-order valence-electron chi connectivity index (χ2n) is 11.8. The highest BCUT2D eigenvalue weighted by molar-refractivity contribution is 9.10. The van der Waals surface area contributed by atoms with Crippen LogP contribution in [-0.2, 0) is 11.2 Å². The number of carboxylic acid groups (broad SMARTS) is 1. The second kappa shape index (κ2) is 17.3. The Balaban J connectivity index is 1.31. The zero-order chi connectivity index (χ0) is 34.6. The minimum atomic E-state index is -1.06. The average Bonchev–Trinajstić information content (AvgIpc) is 3.11. The van der Waals surface area contributed by atoms with E-state index in [0.717, 1.165) is 24.0 Å². The van der Waals surface area contributed by atoms with Crippen molar-refractivity contribution < 1.29 is 24.2 Å². The molecule has 0 saturated heterocycles. The number of unbranched alkanes of at least 4 members (excludes halogenated alkanes) is 3. The van der Waals surface area contributed by atoms with E-state index < -0.39 is 17.9 Å². The predicted octanol–water partition coefficient (Wildman–Crippen LogP) is 10.2. The molecule has 3 N–H and O–H groups in total. The van der Waals surface area contributed by atoms with E-state index in [1.165, 1.54) is 24.8 Å². The SMILES string of the molecule is CCCCCCc1ccc(C(=O)Nc2ccc(Br)cc2C(=O)NC(CC(=O)O)c2ccc(-c3ccccc3Oc3ccccc3)cc2)cc1. The van der Waals surface area contributed by atoms with Gasteiger partial charge in [0.1, 0.15) is 11.5 Å². The van der Waals surface area contributed by atoms with E-state index in [1.807, 2.05) is 78.9 Å². The molecule has 0 aliphatic heterocycles. The van der Waals surface area contributed by atoms with E-state index >= 15 is 0 Å². The van der Waals surface area contributed by atoms with Gasteiger partial charge in [-0.3, -0.25) is 14.4 Å². The number of para-hydroxylation sites is 2. The van der Waals surface area contributed by atoms with Crippen LogP contribution in [0.4, 0.5) is 5.69 Å². The number of ether oxygens (including phenoxy) is 1. The molecular formula is C41H39BrN2O5. The molecule has 0 saturated carbocycles. The number of carbonyl (C=O) groups excluding carboxylic acids is 2. The van der Waals surface area contributed by atoms with Gasteiger partial charge in [-0.15, -0.1) is 0 Å². The van der Waals surface area contributed by atoms with Crippen molar-refractivity contribution in [2.45, 2.75) is 51.5 Å². The summed E-state index contributed by atoms with van der Waals surface area (Å²) in [6.45, 7) is 2.19. The summed E-state index contributed by atoms with van der Waals surface area (Å²) in [7, 11) is 0. The molecule has 0 fully saturated rings. The molecule has 5 aromatic carbocycles. The number of hydrogen-bond donors (Lipinski definition) is 3. The number of benzene rings is 5. The molecular weight excluding hydrogens is 680 g/mol. The summed E-state index contributed by atoms with van der Waals surface area (Å²) >= 11 is 3.43. The van der Waals surface area contributed by atoms with Crippen LogP contribution < -0.4 is 15.4 Å². The summed E-state index contributed by atoms with van der Waals surface area (Å²) in [5, 5.41) is 15.5. The van der Waals surface area contributed by atoms with Gasteiger partial charge >= 0.3 is 5.97 Å². The molecule has 0 heterocycles. The molecule has 0 aliphatic rings. The van der Waals surface area contributed by atoms with E-state index in [1.54, 1.807) is 42.5 Å². The Morgan fingerprint density at radius 2 is 1.49 bits per heavy atom. The lowest BCUT2D eigenvalue weighted by Crippen LogP contribution is -2.31. The summed E-state index contributed by atoms with van der Waals surface area (Å²) in [5.41, 5.74) is 4.54. The van der Waals surface area contributed by atoms with Crippen molar-refractivity contribution in [2.24, 2.45) is 0 Å². The Hall–Kier alpha value is -5.21. The lowest BCUT2D eigenvalue weighted by molar-refractivity contribution is -0.137. The van der Waals surface area contributed by atoms with Gasteiger partial charge < -0.3 is 20.5 Å². The monoisotopic (exact) mass is 718 g/mol. The summed E-state index contributed by atoms with van der Waals surface area (Å²) in [6.07, 6.45) is 5.33. The van der Waals surface area contributed by atoms with Crippen molar-refractivity contribution in [1.29, 1.82) is 0 Å². The molecule has 0 aromatic heterocycles. The number of amides is 2. The summed E-state index contributed by atoms with van der Waals surface area (Å²) < 4.78 is 6.77. The van der Waals surface area contributed by atoms with Crippen LogP contribution in [0.1, 0.15) is 76.9 Å². The lowest BCUT2D eigenvalue weighted by atomic mass is 9.98. The number of anilines is 1. The average molecular weight is 720 g/mol. The van der Waals surface area contributed by atoms with E-state index in [9.17, 15) is 19.5 Å². The van der Waals surface area contributed by atoms with Gasteiger partial charge in [0.15, 0.2) is 0 Å². The molecule has 5 rings (SSSR count). The van der Waals surface area contributed by atoms with Gasteiger partial charge in [0, 0.05) is 15.6 Å². The molecule has 0 bridgehead atoms. The third-order valence-electron chi connectivity index (χ3n) is 8.18. The van der Waals surface area contributed by atoms with Crippen LogP contribution in [-0.4, -0.2) is 22.9 Å². The smallest absolute Gasteiger partial charge is 0.305 e. The summed E-state index contributed by atoms with van der Waals surface area (Å²) in [4.78, 5) is 38.8. The Labute approximate surface area is 295 Å². The van der Waals surface area contributed by atoms with Gasteiger partial charge in [0.2, 0.25) is 0 Å². The highest BCUT2D eigenvalue weighted by Gasteiger charge is 2.22. The number of halogens is 1. The zero-order valence-corrected chi connectivity index (χ0v) is 28.9. The van der Waals surface area contributed by atoms with Crippen molar-refractivity contribution in [2.75, 3.05) is 5.32 Å². The van der Waals surface area contributed by atoms with Crippen molar-refractivity contribution in [3.63, 3.8) is 0 Å². The maximum absolute atomic E-state index is 13.7. The first kappa shape index (κ1) is 35.1. The zero-order valence-electron chi connectivity index (χ0n) is 27.3. The molecule has 0 radical (unpaired) electrons. The van der Waals surface area contributed by atoms with Crippen LogP contribution in [0, 0.1) is 0 Å². The van der Waals surface area contributed by atoms with Crippen LogP contribution in [0.5, 0.6) is 11.5 Å². The number of carboxylic acids is 1. The van der Waals surface area contributed by atoms with Crippen molar-refractivity contribution in [1.82, 2.24) is 5.32 Å². The minimum Gasteiger partial charge on any atom is -0.481 e. The minimum absolute atomic E-state index is 0.203. The topological polar surface area (TPSA) is 105 Å². The van der Waals surface area contributed by atoms with Gasteiger partial charge in [-0.1, -0.05) is 115 Å². The molecule has 8 heteroatoms. The number of rotatable bonds is 15. The van der Waals surface area contributed by atoms with Gasteiger partial charge in [-0.05, 0) is 78.1 Å². The molecule has 1 unspecified atom stereocenters. The van der Waals surface area contributed by atoms with Gasteiger partial charge in [0.25, 0.3) is 11.8 Å². The van der Waals surface area contributed by atoms with Crippen molar-refractivity contribution in [3.8, 4) is 22.6 Å². The van der Waals surface area contributed by atoms with E-state index in [-0.39, 0.29) is 17.9 Å². The number of nitrogens with one attached hydrogen (secondary N) is 2. The standard InChI is InChI=1S/C41H39BrN2O5/c1-2-3-4-6-11-28-16-18-31(19-17-28)40(47)43-36-25-24-32(42)26-35(36)41(48)44-37(27-39(45)46)30-22-20-29(21-23-30)34-14-9-10-15-38(34)49-33-12-7-5-8-13-33/h5,7-10,12-26,37H,2-4,6,11,27H2,1H3,(H,43,47)(H,44,48)(H,45,46). The number of carbonyl (C=O) groups is 3. The van der Waals surface area contributed by atoms with Crippen LogP contribution >= 0.6 is 15.9 Å². The fraction of sp³-hybridized carbons (Fsp3) is 0.195. The Kier molecular flexibility index (Phi) is 12.4. The van der Waals surface area contributed by atoms with E-state index in [0.29, 0.717) is 32.8 Å². The number of aryl methyl sites for hydroxylation is 1. The van der Waals surface area contributed by atoms with E-state index in [2.05, 4.69) is 33.5 Å². The van der Waals surface area contributed by atoms with Crippen molar-refractivity contribution in [3.05, 3.63) is 148 Å². The van der Waals surface area contributed by atoms with Gasteiger partial charge in [0.05, 0.1) is 23.7 Å². The number of aliphatic carboxylic acids is 1. The van der Waals surface area contributed by atoms with Gasteiger partial charge in [-0.2, -0.15) is 0 Å². The molecule has 1 atom stereocenters. The Bertz CT molecular complexity index is 1880. The maximum atomic E-state index is 13.7. The van der Waals surface area contributed by atoms with Crippen molar-refractivity contribution >= 4 is 39.4 Å². The normalized spacial score (nSPS) is 11.4. The first-order valence-electron chi connectivity index (χ1n) is 16.5. The molecule has 250 valence electrons. The fourth-order valence-corrected chi connectivity index (χ4v) is 5.92. The van der Waals surface area contributed by atoms with Crippen LogP contribution in [0.2, 0.25) is 0 Å². The molecule has 49 heavy (non-hydrogen) atoms. The molecule has 7 nitrogen and oxygen atoms in total. The molecule has 2 amide bonds. The highest BCUT2D eigenvalue weighted by Crippen LogP contribution is 2.34. The van der Waals surface area contributed by atoms with Crippen LogP contribution in [0.15, 0.2) is 126 Å². The third-order valence-corrected chi connectivity index (χ3v) is 8.67. The Morgan fingerprint density at radius 3 is 2.20 bits per heavy atom. The van der Waals surface area contributed by atoms with E-state index in [4.69, 9.17) is 4.74 Å². The first-order valence-corrected chi connectivity index (χ1v) is 17.2. The molecule has 0 spiro atoms. The Morgan fingerprint density at radius 1 is 0.776 bits per heavy atom. The lowest BCUT2D eigenvalue weighted by Gasteiger charge is -2.20. The molecule has 0 aliphatic carbocycles. The first-order chi connectivity index (χ1) is 23.8. The van der Waals surface area contributed by atoms with Crippen LogP contribution in [0.25, 0.3) is 11.1 Å².